The maximum Gasteiger partial charge on any atom is 0.256 e. The number of hydrogen-bond donors (Lipinski definition) is 2. The summed E-state index contributed by atoms with van der Waals surface area (Å²) in [5, 5.41) is 5.75. The molecule has 1 aliphatic rings. The number of carbonyl (C=O) groups is 3. The first-order valence-corrected chi connectivity index (χ1v) is 11.2. The fraction of sp³-hybridized carbons (Fsp3) is 0.400. The highest BCUT2D eigenvalue weighted by atomic mass is 19.1. The molecule has 3 amide bonds. The van der Waals surface area contributed by atoms with Crippen LogP contribution in [-0.4, -0.2) is 55.4 Å². The van der Waals surface area contributed by atoms with Crippen molar-refractivity contribution in [3.05, 3.63) is 65.5 Å². The smallest absolute Gasteiger partial charge is 0.256 e. The SMILES string of the molecule is CCCNC(=O)C(NC(=O)c1ccc(OC)cc1)C1CCN(C(=O)c2ccccc2F)CC1. The number of nitrogens with one attached hydrogen (secondary N) is 2. The summed E-state index contributed by atoms with van der Waals surface area (Å²) in [6, 6.07) is 11.9. The number of piperidine rings is 1. The zero-order valence-corrected chi connectivity index (χ0v) is 19.0. The predicted octanol–water partition coefficient (Wildman–Crippen LogP) is 3.01. The summed E-state index contributed by atoms with van der Waals surface area (Å²) in [6.45, 7) is 3.23. The van der Waals surface area contributed by atoms with Crippen molar-refractivity contribution < 1.29 is 23.5 Å². The number of likely N-dealkylation sites (tertiary alicyclic amines) is 1. The molecular weight excluding hydrogens is 425 g/mol. The molecule has 8 heteroatoms. The molecule has 1 heterocycles. The third-order valence-electron chi connectivity index (χ3n) is 5.87. The van der Waals surface area contributed by atoms with E-state index in [9.17, 15) is 18.8 Å². The minimum atomic E-state index is -0.725. The van der Waals surface area contributed by atoms with Crippen LogP contribution < -0.4 is 15.4 Å². The Balaban J connectivity index is 1.68. The normalized spacial score (nSPS) is 14.9. The molecule has 176 valence electrons. The molecule has 1 aliphatic heterocycles. The topological polar surface area (TPSA) is 87.7 Å². The van der Waals surface area contributed by atoms with Crippen molar-refractivity contribution in [3.8, 4) is 5.75 Å². The number of rotatable bonds is 8. The van der Waals surface area contributed by atoms with Gasteiger partial charge in [-0.1, -0.05) is 19.1 Å². The van der Waals surface area contributed by atoms with Crippen LogP contribution in [0.1, 0.15) is 46.9 Å². The van der Waals surface area contributed by atoms with E-state index in [-0.39, 0.29) is 29.2 Å². The van der Waals surface area contributed by atoms with Crippen molar-refractivity contribution in [2.45, 2.75) is 32.2 Å². The van der Waals surface area contributed by atoms with Crippen LogP contribution in [-0.2, 0) is 4.79 Å². The van der Waals surface area contributed by atoms with Gasteiger partial charge in [0.15, 0.2) is 0 Å². The standard InChI is InChI=1S/C25H30FN3O4/c1-3-14-27-24(31)22(28-23(30)18-8-10-19(33-2)11-9-18)17-12-15-29(16-13-17)25(32)20-6-4-5-7-21(20)26/h4-11,17,22H,3,12-16H2,1-2H3,(H,27,31)(H,28,30). The maximum atomic E-state index is 14.0. The Hall–Kier alpha value is -3.42. The van der Waals surface area contributed by atoms with Crippen molar-refractivity contribution >= 4 is 17.7 Å². The van der Waals surface area contributed by atoms with Crippen LogP contribution in [0.15, 0.2) is 48.5 Å². The second-order valence-corrected chi connectivity index (χ2v) is 8.08. The maximum absolute atomic E-state index is 14.0. The number of hydrogen-bond acceptors (Lipinski definition) is 4. The van der Waals surface area contributed by atoms with Crippen molar-refractivity contribution in [1.82, 2.24) is 15.5 Å². The first-order valence-electron chi connectivity index (χ1n) is 11.2. The molecule has 0 radical (unpaired) electrons. The Labute approximate surface area is 193 Å². The van der Waals surface area contributed by atoms with Gasteiger partial charge in [0.05, 0.1) is 12.7 Å². The number of nitrogens with zero attached hydrogens (tertiary/aromatic N) is 1. The molecule has 0 aliphatic carbocycles. The largest absolute Gasteiger partial charge is 0.497 e. The van der Waals surface area contributed by atoms with Crippen LogP contribution in [0.4, 0.5) is 4.39 Å². The van der Waals surface area contributed by atoms with Crippen molar-refractivity contribution in [2.24, 2.45) is 5.92 Å². The van der Waals surface area contributed by atoms with E-state index in [1.807, 2.05) is 6.92 Å². The molecule has 2 aromatic rings. The minimum Gasteiger partial charge on any atom is -0.497 e. The van der Waals surface area contributed by atoms with Gasteiger partial charge in [-0.2, -0.15) is 0 Å². The molecular formula is C25H30FN3O4. The van der Waals surface area contributed by atoms with E-state index >= 15 is 0 Å². The Morgan fingerprint density at radius 3 is 2.36 bits per heavy atom. The first kappa shape index (κ1) is 24.2. The van der Waals surface area contributed by atoms with Crippen LogP contribution in [0, 0.1) is 11.7 Å². The number of benzene rings is 2. The lowest BCUT2D eigenvalue weighted by Crippen LogP contribution is -2.54. The average molecular weight is 456 g/mol. The predicted molar refractivity (Wildman–Crippen MR) is 123 cm³/mol. The number of amides is 3. The molecule has 0 spiro atoms. The molecule has 0 aromatic heterocycles. The minimum absolute atomic E-state index is 0.0426. The van der Waals surface area contributed by atoms with Gasteiger partial charge in [0.25, 0.3) is 11.8 Å². The lowest BCUT2D eigenvalue weighted by atomic mass is 9.88. The number of ether oxygens (including phenoxy) is 1. The van der Waals surface area contributed by atoms with Gasteiger partial charge in [0.2, 0.25) is 5.91 Å². The molecule has 1 unspecified atom stereocenters. The third kappa shape index (κ3) is 6.09. The second kappa shape index (κ2) is 11.4. The van der Waals surface area contributed by atoms with Gasteiger partial charge in [-0.05, 0) is 61.6 Å². The summed E-state index contributed by atoms with van der Waals surface area (Å²) in [7, 11) is 1.55. The van der Waals surface area contributed by atoms with Gasteiger partial charge in [0.1, 0.15) is 17.6 Å². The van der Waals surface area contributed by atoms with Gasteiger partial charge < -0.3 is 20.3 Å². The zero-order chi connectivity index (χ0) is 23.8. The van der Waals surface area contributed by atoms with E-state index < -0.39 is 11.9 Å². The summed E-state index contributed by atoms with van der Waals surface area (Å²) in [5.41, 5.74) is 0.470. The number of halogens is 1. The van der Waals surface area contributed by atoms with Gasteiger partial charge in [-0.25, -0.2) is 4.39 Å². The number of methoxy groups -OCH3 is 1. The van der Waals surface area contributed by atoms with Crippen LogP contribution >= 0.6 is 0 Å². The molecule has 2 N–H and O–H groups in total. The highest BCUT2D eigenvalue weighted by Crippen LogP contribution is 2.24. The monoisotopic (exact) mass is 455 g/mol. The second-order valence-electron chi connectivity index (χ2n) is 8.08. The van der Waals surface area contributed by atoms with Gasteiger partial charge in [-0.3, -0.25) is 14.4 Å². The average Bonchev–Trinajstić information content (AvgIpc) is 2.85. The van der Waals surface area contributed by atoms with E-state index in [0.29, 0.717) is 43.8 Å². The van der Waals surface area contributed by atoms with E-state index in [2.05, 4.69) is 10.6 Å². The van der Waals surface area contributed by atoms with Crippen molar-refractivity contribution in [2.75, 3.05) is 26.7 Å². The van der Waals surface area contributed by atoms with Crippen molar-refractivity contribution in [1.29, 1.82) is 0 Å². The molecule has 33 heavy (non-hydrogen) atoms. The van der Waals surface area contributed by atoms with Crippen LogP contribution in [0.25, 0.3) is 0 Å². The molecule has 1 atom stereocenters. The van der Waals surface area contributed by atoms with Gasteiger partial charge in [0, 0.05) is 25.2 Å². The lowest BCUT2D eigenvalue weighted by molar-refractivity contribution is -0.124. The molecule has 7 nitrogen and oxygen atoms in total. The summed E-state index contributed by atoms with van der Waals surface area (Å²) < 4.78 is 19.1. The molecule has 2 aromatic carbocycles. The van der Waals surface area contributed by atoms with Crippen LogP contribution in [0.5, 0.6) is 5.75 Å². The summed E-state index contributed by atoms with van der Waals surface area (Å²) >= 11 is 0. The molecule has 0 saturated carbocycles. The fourth-order valence-electron chi connectivity index (χ4n) is 3.96. The zero-order valence-electron chi connectivity index (χ0n) is 19.0. The first-order chi connectivity index (χ1) is 15.9. The molecule has 0 bridgehead atoms. The van der Waals surface area contributed by atoms with Crippen molar-refractivity contribution in [3.63, 3.8) is 0 Å². The number of carbonyl (C=O) groups excluding carboxylic acids is 3. The third-order valence-corrected chi connectivity index (χ3v) is 5.87. The van der Waals surface area contributed by atoms with Crippen LogP contribution in [0.2, 0.25) is 0 Å². The summed E-state index contributed by atoms with van der Waals surface area (Å²) in [6.07, 6.45) is 1.82. The highest BCUT2D eigenvalue weighted by Gasteiger charge is 2.34. The summed E-state index contributed by atoms with van der Waals surface area (Å²) in [4.78, 5) is 40.0. The van der Waals surface area contributed by atoms with E-state index in [1.165, 1.54) is 12.1 Å². The van der Waals surface area contributed by atoms with Gasteiger partial charge >= 0.3 is 0 Å². The van der Waals surface area contributed by atoms with E-state index in [1.54, 1.807) is 48.4 Å². The lowest BCUT2D eigenvalue weighted by Gasteiger charge is -2.36. The van der Waals surface area contributed by atoms with Crippen LogP contribution in [0.3, 0.4) is 0 Å². The molecule has 1 fully saturated rings. The van der Waals surface area contributed by atoms with Gasteiger partial charge in [-0.15, -0.1) is 0 Å². The highest BCUT2D eigenvalue weighted by molar-refractivity contribution is 5.98. The Bertz CT molecular complexity index is 972. The Morgan fingerprint density at radius 2 is 1.76 bits per heavy atom. The Morgan fingerprint density at radius 1 is 1.09 bits per heavy atom. The summed E-state index contributed by atoms with van der Waals surface area (Å²) in [5.74, 6) is -1.00. The fourth-order valence-corrected chi connectivity index (χ4v) is 3.96. The quantitative estimate of drug-likeness (QED) is 0.641. The van der Waals surface area contributed by atoms with E-state index in [0.717, 1.165) is 6.42 Å². The molecule has 1 saturated heterocycles. The van der Waals surface area contributed by atoms with E-state index in [4.69, 9.17) is 4.74 Å². The Kier molecular flexibility index (Phi) is 8.40. The molecule has 3 rings (SSSR count).